The Morgan fingerprint density at radius 2 is 2.09 bits per heavy atom. The molecule has 4 nitrogen and oxygen atoms in total. The van der Waals surface area contributed by atoms with Crippen molar-refractivity contribution >= 4 is 17.0 Å². The number of hydrogen-bond donors (Lipinski definition) is 2. The minimum absolute atomic E-state index is 0.0856. The Morgan fingerprint density at radius 3 is 2.73 bits per heavy atom. The van der Waals surface area contributed by atoms with Crippen molar-refractivity contribution in [3.8, 4) is 0 Å². The number of carbonyl (C=O) groups excluding carboxylic acids is 1. The van der Waals surface area contributed by atoms with Crippen LogP contribution in [0.1, 0.15) is 39.0 Å². The van der Waals surface area contributed by atoms with E-state index in [0.29, 0.717) is 6.42 Å². The van der Waals surface area contributed by atoms with Gasteiger partial charge in [-0.1, -0.05) is 0 Å². The van der Waals surface area contributed by atoms with Gasteiger partial charge in [0.25, 0.3) is 0 Å². The zero-order valence-corrected chi connectivity index (χ0v) is 13.7. The molecule has 0 aliphatic heterocycles. The molecule has 22 heavy (non-hydrogen) atoms. The molecule has 0 saturated heterocycles. The van der Waals surface area contributed by atoms with Crippen molar-refractivity contribution in [2.75, 3.05) is 0 Å². The Labute approximate surface area is 130 Å². The highest BCUT2D eigenvalue weighted by molar-refractivity contribution is 5.84. The number of H-pyrrole nitrogens is 1. The normalized spacial score (nSPS) is 13.2. The van der Waals surface area contributed by atoms with Gasteiger partial charge in [-0.15, -0.1) is 0 Å². The molecule has 0 radical (unpaired) electrons. The van der Waals surface area contributed by atoms with E-state index in [1.807, 2.05) is 34.6 Å². The van der Waals surface area contributed by atoms with E-state index in [-0.39, 0.29) is 11.9 Å². The average Bonchev–Trinajstić information content (AvgIpc) is 2.62. The van der Waals surface area contributed by atoms with Crippen LogP contribution in [0.2, 0.25) is 0 Å². The summed E-state index contributed by atoms with van der Waals surface area (Å²) in [5, 5.41) is 3.81. The second-order valence-electron chi connectivity index (χ2n) is 6.67. The Morgan fingerprint density at radius 1 is 1.41 bits per heavy atom. The van der Waals surface area contributed by atoms with E-state index in [1.165, 1.54) is 12.1 Å². The lowest BCUT2D eigenvalue weighted by molar-refractivity contribution is 0.0508. The van der Waals surface area contributed by atoms with E-state index in [4.69, 9.17) is 4.74 Å². The van der Waals surface area contributed by atoms with Crippen LogP contribution in [0.4, 0.5) is 9.18 Å². The minimum Gasteiger partial charge on any atom is -0.444 e. The first-order valence-electron chi connectivity index (χ1n) is 7.42. The highest BCUT2D eigenvalue weighted by atomic mass is 19.1. The van der Waals surface area contributed by atoms with Crippen LogP contribution in [-0.4, -0.2) is 22.7 Å². The van der Waals surface area contributed by atoms with Gasteiger partial charge in [0, 0.05) is 22.6 Å². The topological polar surface area (TPSA) is 54.1 Å². The van der Waals surface area contributed by atoms with Crippen LogP contribution in [0.25, 0.3) is 10.9 Å². The number of carbonyl (C=O) groups is 1. The lowest BCUT2D eigenvalue weighted by atomic mass is 10.0. The summed E-state index contributed by atoms with van der Waals surface area (Å²) in [5.74, 6) is -0.264. The predicted octanol–water partition coefficient (Wildman–Crippen LogP) is 4.07. The molecule has 2 rings (SSSR count). The van der Waals surface area contributed by atoms with Gasteiger partial charge in [0.15, 0.2) is 0 Å². The quantitative estimate of drug-likeness (QED) is 0.898. The largest absolute Gasteiger partial charge is 0.444 e. The van der Waals surface area contributed by atoms with Crippen molar-refractivity contribution in [3.05, 3.63) is 35.3 Å². The molecule has 0 spiro atoms. The zero-order valence-electron chi connectivity index (χ0n) is 13.7. The maximum Gasteiger partial charge on any atom is 0.407 e. The lowest BCUT2D eigenvalue weighted by Gasteiger charge is -2.22. The molecule has 2 aromatic rings. The van der Waals surface area contributed by atoms with Gasteiger partial charge in [-0.3, -0.25) is 0 Å². The van der Waals surface area contributed by atoms with Gasteiger partial charge in [-0.2, -0.15) is 0 Å². The standard InChI is InChI=1S/C17H23FN2O2/c1-10(19-16(21)22-17(3,4)5)8-14-11(2)20-15-9-12(18)6-7-13(14)15/h6-7,9-10,20H,8H2,1-5H3,(H,19,21)/t10-/m1/s1. The average molecular weight is 306 g/mol. The Hall–Kier alpha value is -2.04. The number of amides is 1. The Bertz CT molecular complexity index is 686. The summed E-state index contributed by atoms with van der Waals surface area (Å²) in [6.07, 6.45) is 0.222. The summed E-state index contributed by atoms with van der Waals surface area (Å²) < 4.78 is 18.5. The summed E-state index contributed by atoms with van der Waals surface area (Å²) in [7, 11) is 0. The van der Waals surface area contributed by atoms with Crippen molar-refractivity contribution in [3.63, 3.8) is 0 Å². The van der Waals surface area contributed by atoms with Gasteiger partial charge in [0.05, 0.1) is 0 Å². The van der Waals surface area contributed by atoms with E-state index >= 15 is 0 Å². The van der Waals surface area contributed by atoms with Gasteiger partial charge in [-0.05, 0) is 64.8 Å². The maximum atomic E-state index is 13.3. The van der Waals surface area contributed by atoms with Crippen LogP contribution in [-0.2, 0) is 11.2 Å². The number of halogens is 1. The zero-order chi connectivity index (χ0) is 16.5. The van der Waals surface area contributed by atoms with Crippen LogP contribution in [0.15, 0.2) is 18.2 Å². The van der Waals surface area contributed by atoms with Crippen molar-refractivity contribution in [2.24, 2.45) is 0 Å². The number of hydrogen-bond acceptors (Lipinski definition) is 2. The third-order valence-corrected chi connectivity index (χ3v) is 3.36. The molecule has 1 atom stereocenters. The Balaban J connectivity index is 2.10. The Kier molecular flexibility index (Phi) is 4.44. The van der Waals surface area contributed by atoms with Crippen LogP contribution >= 0.6 is 0 Å². The molecule has 0 aliphatic rings. The van der Waals surface area contributed by atoms with Crippen molar-refractivity contribution in [1.29, 1.82) is 0 Å². The first kappa shape index (κ1) is 16.3. The van der Waals surface area contributed by atoms with Crippen LogP contribution in [0.3, 0.4) is 0 Å². The summed E-state index contributed by atoms with van der Waals surface area (Å²) in [6.45, 7) is 9.36. The first-order valence-corrected chi connectivity index (χ1v) is 7.42. The monoisotopic (exact) mass is 306 g/mol. The third kappa shape index (κ3) is 4.00. The number of alkyl carbamates (subject to hydrolysis) is 1. The number of ether oxygens (including phenoxy) is 1. The molecule has 1 aromatic carbocycles. The molecule has 1 amide bonds. The van der Waals surface area contributed by atoms with Crippen LogP contribution in [0, 0.1) is 12.7 Å². The fourth-order valence-electron chi connectivity index (χ4n) is 2.49. The number of aromatic nitrogens is 1. The highest BCUT2D eigenvalue weighted by Gasteiger charge is 2.19. The van der Waals surface area contributed by atoms with E-state index in [1.54, 1.807) is 6.07 Å². The van der Waals surface area contributed by atoms with Crippen LogP contribution < -0.4 is 5.32 Å². The molecule has 2 N–H and O–H groups in total. The predicted molar refractivity (Wildman–Crippen MR) is 85.5 cm³/mol. The molecule has 0 fully saturated rings. The smallest absolute Gasteiger partial charge is 0.407 e. The molecule has 0 aliphatic carbocycles. The number of rotatable bonds is 3. The summed E-state index contributed by atoms with van der Waals surface area (Å²) in [4.78, 5) is 15.0. The summed E-state index contributed by atoms with van der Waals surface area (Å²) in [5.41, 5.74) is 2.33. The summed E-state index contributed by atoms with van der Waals surface area (Å²) in [6, 6.07) is 4.62. The van der Waals surface area contributed by atoms with Crippen molar-refractivity contribution in [1.82, 2.24) is 10.3 Å². The molecular weight excluding hydrogens is 283 g/mol. The van der Waals surface area contributed by atoms with Crippen molar-refractivity contribution < 1.29 is 13.9 Å². The number of fused-ring (bicyclic) bond motifs is 1. The number of benzene rings is 1. The van der Waals surface area contributed by atoms with Gasteiger partial charge in [0.1, 0.15) is 11.4 Å². The second kappa shape index (κ2) is 5.99. The van der Waals surface area contributed by atoms with Crippen molar-refractivity contribution in [2.45, 2.75) is 52.7 Å². The van der Waals surface area contributed by atoms with Gasteiger partial charge in [0.2, 0.25) is 0 Å². The van der Waals surface area contributed by atoms with E-state index < -0.39 is 11.7 Å². The second-order valence-corrected chi connectivity index (χ2v) is 6.67. The fraction of sp³-hybridized carbons (Fsp3) is 0.471. The molecule has 120 valence electrons. The van der Waals surface area contributed by atoms with Gasteiger partial charge >= 0.3 is 6.09 Å². The number of aromatic amines is 1. The fourth-order valence-corrected chi connectivity index (χ4v) is 2.49. The molecule has 1 aromatic heterocycles. The van der Waals surface area contributed by atoms with Gasteiger partial charge < -0.3 is 15.0 Å². The number of nitrogens with one attached hydrogen (secondary N) is 2. The summed E-state index contributed by atoms with van der Waals surface area (Å²) >= 11 is 0. The maximum absolute atomic E-state index is 13.3. The van der Waals surface area contributed by atoms with E-state index in [0.717, 1.165) is 22.2 Å². The molecule has 0 bridgehead atoms. The van der Waals surface area contributed by atoms with E-state index in [2.05, 4.69) is 10.3 Å². The first-order chi connectivity index (χ1) is 10.2. The molecular formula is C17H23FN2O2. The number of aryl methyl sites for hydroxylation is 1. The molecule has 0 saturated carbocycles. The van der Waals surface area contributed by atoms with E-state index in [9.17, 15) is 9.18 Å². The lowest BCUT2D eigenvalue weighted by Crippen LogP contribution is -2.38. The highest BCUT2D eigenvalue weighted by Crippen LogP contribution is 2.24. The minimum atomic E-state index is -0.516. The van der Waals surface area contributed by atoms with Gasteiger partial charge in [-0.25, -0.2) is 9.18 Å². The SMILES string of the molecule is Cc1[nH]c2cc(F)ccc2c1C[C@@H](C)NC(=O)OC(C)(C)C. The third-order valence-electron chi connectivity index (χ3n) is 3.36. The molecule has 5 heteroatoms. The molecule has 1 heterocycles. The van der Waals surface area contributed by atoms with Crippen LogP contribution in [0.5, 0.6) is 0 Å². The molecule has 0 unspecified atom stereocenters.